The number of nitrogens with zero attached hydrogens (tertiary/aromatic N) is 1. The van der Waals surface area contributed by atoms with Crippen LogP contribution in [-0.2, 0) is 6.54 Å². The summed E-state index contributed by atoms with van der Waals surface area (Å²) in [5, 5.41) is 1.07. The Bertz CT molecular complexity index is 211. The predicted molar refractivity (Wildman–Crippen MR) is 58.1 cm³/mol. The van der Waals surface area contributed by atoms with Crippen LogP contribution in [0.2, 0.25) is 0 Å². The number of halogens is 1. The lowest BCUT2D eigenvalue weighted by molar-refractivity contribution is 0.257. The minimum absolute atomic E-state index is 0.927. The molecule has 0 fully saturated rings. The van der Waals surface area contributed by atoms with Crippen LogP contribution in [0.25, 0.3) is 0 Å². The molecule has 0 unspecified atom stereocenters. The van der Waals surface area contributed by atoms with Gasteiger partial charge < -0.3 is 4.42 Å². The third-order valence-electron chi connectivity index (χ3n) is 2.01. The van der Waals surface area contributed by atoms with Crippen LogP contribution in [0.3, 0.4) is 0 Å². The molecule has 0 aromatic carbocycles. The highest BCUT2D eigenvalue weighted by Gasteiger charge is 2.04. The Morgan fingerprint density at radius 1 is 1.54 bits per heavy atom. The molecule has 0 aliphatic heterocycles. The van der Waals surface area contributed by atoms with Crippen LogP contribution >= 0.6 is 15.9 Å². The topological polar surface area (TPSA) is 16.4 Å². The molecule has 2 nitrogen and oxygen atoms in total. The van der Waals surface area contributed by atoms with E-state index >= 15 is 0 Å². The summed E-state index contributed by atoms with van der Waals surface area (Å²) >= 11 is 3.43. The lowest BCUT2D eigenvalue weighted by Gasteiger charge is -2.17. The summed E-state index contributed by atoms with van der Waals surface area (Å²) in [6.07, 6.45) is 2.92. The Kier molecular flexibility index (Phi) is 5.16. The Hall–Kier alpha value is -0.280. The van der Waals surface area contributed by atoms with Crippen molar-refractivity contribution in [2.24, 2.45) is 0 Å². The normalized spacial score (nSPS) is 11.0. The second-order valence-electron chi connectivity index (χ2n) is 2.99. The minimum Gasteiger partial charge on any atom is -0.468 e. The van der Waals surface area contributed by atoms with E-state index in [1.165, 1.54) is 6.42 Å². The summed E-state index contributed by atoms with van der Waals surface area (Å²) < 4.78 is 5.29. The average molecular weight is 246 g/mol. The van der Waals surface area contributed by atoms with E-state index in [2.05, 4.69) is 27.8 Å². The molecule has 0 N–H and O–H groups in total. The van der Waals surface area contributed by atoms with E-state index in [0.717, 1.165) is 30.7 Å². The highest BCUT2D eigenvalue weighted by atomic mass is 79.9. The first-order chi connectivity index (χ1) is 6.36. The summed E-state index contributed by atoms with van der Waals surface area (Å²) in [6.45, 7) is 5.31. The largest absolute Gasteiger partial charge is 0.468 e. The molecule has 0 saturated carbocycles. The van der Waals surface area contributed by atoms with Gasteiger partial charge in [0.25, 0.3) is 0 Å². The summed E-state index contributed by atoms with van der Waals surface area (Å²) in [7, 11) is 0. The van der Waals surface area contributed by atoms with Gasteiger partial charge in [-0.2, -0.15) is 0 Å². The number of furan rings is 1. The van der Waals surface area contributed by atoms with E-state index in [9.17, 15) is 0 Å². The molecule has 0 amide bonds. The summed E-state index contributed by atoms with van der Waals surface area (Å²) in [5.74, 6) is 1.05. The van der Waals surface area contributed by atoms with Crippen molar-refractivity contribution in [3.05, 3.63) is 24.2 Å². The smallest absolute Gasteiger partial charge is 0.117 e. The first-order valence-electron chi connectivity index (χ1n) is 4.67. The van der Waals surface area contributed by atoms with Crippen LogP contribution in [0.15, 0.2) is 22.8 Å². The van der Waals surface area contributed by atoms with E-state index in [-0.39, 0.29) is 0 Å². The zero-order valence-corrected chi connectivity index (χ0v) is 9.59. The van der Waals surface area contributed by atoms with Crippen LogP contribution in [0.5, 0.6) is 0 Å². The monoisotopic (exact) mass is 245 g/mol. The van der Waals surface area contributed by atoms with Crippen LogP contribution < -0.4 is 0 Å². The summed E-state index contributed by atoms with van der Waals surface area (Å²) in [5.41, 5.74) is 0. The molecule has 0 aliphatic rings. The van der Waals surface area contributed by atoms with Crippen molar-refractivity contribution < 1.29 is 4.42 Å². The van der Waals surface area contributed by atoms with Gasteiger partial charge in [-0.05, 0) is 31.6 Å². The van der Waals surface area contributed by atoms with Gasteiger partial charge in [-0.25, -0.2) is 0 Å². The van der Waals surface area contributed by atoms with Crippen molar-refractivity contribution in [1.82, 2.24) is 4.90 Å². The minimum atomic E-state index is 0.927. The van der Waals surface area contributed by atoms with E-state index < -0.39 is 0 Å². The molecule has 1 aromatic heterocycles. The summed E-state index contributed by atoms with van der Waals surface area (Å²) in [6, 6.07) is 3.96. The van der Waals surface area contributed by atoms with E-state index in [1.54, 1.807) is 6.26 Å². The highest BCUT2D eigenvalue weighted by Crippen LogP contribution is 2.05. The predicted octanol–water partition coefficient (Wildman–Crippen LogP) is 2.89. The fourth-order valence-electron chi connectivity index (χ4n) is 1.26. The number of alkyl halides is 1. The third kappa shape index (κ3) is 3.96. The highest BCUT2D eigenvalue weighted by molar-refractivity contribution is 9.09. The van der Waals surface area contributed by atoms with Crippen LogP contribution in [0, 0.1) is 0 Å². The molecule has 0 bridgehead atoms. The van der Waals surface area contributed by atoms with Crippen molar-refractivity contribution in [2.45, 2.75) is 19.9 Å². The maximum Gasteiger partial charge on any atom is 0.117 e. The maximum absolute atomic E-state index is 5.29. The zero-order valence-electron chi connectivity index (χ0n) is 8.00. The fraction of sp³-hybridized carbons (Fsp3) is 0.600. The molecular weight excluding hydrogens is 230 g/mol. The molecule has 1 rings (SSSR count). The molecule has 0 atom stereocenters. The van der Waals surface area contributed by atoms with Gasteiger partial charge in [-0.1, -0.05) is 22.9 Å². The second kappa shape index (κ2) is 6.22. The fourth-order valence-corrected chi connectivity index (χ4v) is 1.51. The van der Waals surface area contributed by atoms with Crippen LogP contribution in [0.4, 0.5) is 0 Å². The first kappa shape index (κ1) is 10.8. The van der Waals surface area contributed by atoms with Crippen LogP contribution in [-0.4, -0.2) is 23.3 Å². The maximum atomic E-state index is 5.29. The van der Waals surface area contributed by atoms with Crippen molar-refractivity contribution >= 4 is 15.9 Å². The third-order valence-corrected chi connectivity index (χ3v) is 2.58. The molecular formula is C10H16BrNO. The van der Waals surface area contributed by atoms with Gasteiger partial charge in [0.15, 0.2) is 0 Å². The van der Waals surface area contributed by atoms with E-state index in [4.69, 9.17) is 4.42 Å². The van der Waals surface area contributed by atoms with E-state index in [0.29, 0.717) is 0 Å². The average Bonchev–Trinajstić information content (AvgIpc) is 2.64. The number of rotatable bonds is 6. The Morgan fingerprint density at radius 2 is 2.38 bits per heavy atom. The molecule has 13 heavy (non-hydrogen) atoms. The van der Waals surface area contributed by atoms with Crippen molar-refractivity contribution in [2.75, 3.05) is 18.4 Å². The van der Waals surface area contributed by atoms with Gasteiger partial charge >= 0.3 is 0 Å². The molecule has 1 heterocycles. The molecule has 3 heteroatoms. The van der Waals surface area contributed by atoms with Crippen molar-refractivity contribution in [3.8, 4) is 0 Å². The summed E-state index contributed by atoms with van der Waals surface area (Å²) in [4.78, 5) is 2.38. The molecule has 0 spiro atoms. The lowest BCUT2D eigenvalue weighted by Crippen LogP contribution is -2.23. The van der Waals surface area contributed by atoms with Gasteiger partial charge in [0.2, 0.25) is 0 Å². The van der Waals surface area contributed by atoms with Gasteiger partial charge in [-0.15, -0.1) is 0 Å². The molecule has 1 aromatic rings. The van der Waals surface area contributed by atoms with Gasteiger partial charge in [0.1, 0.15) is 5.76 Å². The molecule has 0 radical (unpaired) electrons. The standard InChI is InChI=1S/C10H16BrNO/c1-2-12(7-4-6-11)9-10-5-3-8-13-10/h3,5,8H,2,4,6-7,9H2,1H3. The Labute approximate surface area is 88.0 Å². The number of hydrogen-bond acceptors (Lipinski definition) is 2. The van der Waals surface area contributed by atoms with Crippen molar-refractivity contribution in [1.29, 1.82) is 0 Å². The van der Waals surface area contributed by atoms with Gasteiger partial charge in [0.05, 0.1) is 12.8 Å². The Morgan fingerprint density at radius 3 is 2.92 bits per heavy atom. The SMILES string of the molecule is CCN(CCCBr)Cc1ccco1. The van der Waals surface area contributed by atoms with Gasteiger partial charge in [0, 0.05) is 5.33 Å². The second-order valence-corrected chi connectivity index (χ2v) is 3.78. The zero-order chi connectivity index (χ0) is 9.52. The van der Waals surface area contributed by atoms with E-state index in [1.807, 2.05) is 12.1 Å². The molecule has 0 aliphatic carbocycles. The number of hydrogen-bond donors (Lipinski definition) is 0. The quantitative estimate of drug-likeness (QED) is 0.717. The van der Waals surface area contributed by atoms with Gasteiger partial charge in [-0.3, -0.25) is 4.90 Å². The molecule has 0 saturated heterocycles. The van der Waals surface area contributed by atoms with Crippen molar-refractivity contribution in [3.63, 3.8) is 0 Å². The first-order valence-corrected chi connectivity index (χ1v) is 5.79. The lowest BCUT2D eigenvalue weighted by atomic mass is 10.3. The van der Waals surface area contributed by atoms with Crippen LogP contribution in [0.1, 0.15) is 19.1 Å². The molecule has 74 valence electrons. The Balaban J connectivity index is 2.31.